The standard InChI is InChI=1S/C13H15N3OS/c1-8-3-5-10(6-4-8)11(14)12(17)16-13-15-7-9(2)18-13/h3-7,11H,14H2,1-2H3,(H,15,16,17). The maximum absolute atomic E-state index is 11.9. The molecule has 3 N–H and O–H groups in total. The Balaban J connectivity index is 2.07. The van der Waals surface area contributed by atoms with E-state index in [0.29, 0.717) is 5.13 Å². The molecule has 2 aromatic rings. The van der Waals surface area contributed by atoms with E-state index in [9.17, 15) is 4.79 Å². The number of thiazole rings is 1. The lowest BCUT2D eigenvalue weighted by atomic mass is 10.1. The van der Waals surface area contributed by atoms with Crippen LogP contribution in [0.5, 0.6) is 0 Å². The SMILES string of the molecule is Cc1ccc(C(N)C(=O)Nc2ncc(C)s2)cc1. The molecular weight excluding hydrogens is 246 g/mol. The van der Waals surface area contributed by atoms with Crippen LogP contribution in [0.4, 0.5) is 5.13 Å². The van der Waals surface area contributed by atoms with Gasteiger partial charge in [-0.05, 0) is 19.4 Å². The second-order valence-electron chi connectivity index (χ2n) is 4.15. The van der Waals surface area contributed by atoms with Gasteiger partial charge in [-0.15, -0.1) is 11.3 Å². The van der Waals surface area contributed by atoms with Gasteiger partial charge < -0.3 is 11.1 Å². The van der Waals surface area contributed by atoms with Crippen molar-refractivity contribution in [3.63, 3.8) is 0 Å². The highest BCUT2D eigenvalue weighted by Gasteiger charge is 2.16. The number of anilines is 1. The minimum absolute atomic E-state index is 0.242. The lowest BCUT2D eigenvalue weighted by molar-refractivity contribution is -0.117. The van der Waals surface area contributed by atoms with Crippen LogP contribution >= 0.6 is 11.3 Å². The predicted octanol–water partition coefficient (Wildman–Crippen LogP) is 2.40. The van der Waals surface area contributed by atoms with Gasteiger partial charge in [-0.25, -0.2) is 4.98 Å². The van der Waals surface area contributed by atoms with Crippen LogP contribution < -0.4 is 11.1 Å². The number of aryl methyl sites for hydroxylation is 2. The second kappa shape index (κ2) is 5.29. The fraction of sp³-hybridized carbons (Fsp3) is 0.231. The smallest absolute Gasteiger partial charge is 0.247 e. The van der Waals surface area contributed by atoms with E-state index in [1.807, 2.05) is 38.1 Å². The second-order valence-corrected chi connectivity index (χ2v) is 5.39. The van der Waals surface area contributed by atoms with E-state index in [2.05, 4.69) is 10.3 Å². The highest BCUT2D eigenvalue weighted by atomic mass is 32.1. The summed E-state index contributed by atoms with van der Waals surface area (Å²) in [5.41, 5.74) is 7.85. The Kier molecular flexibility index (Phi) is 3.74. The Morgan fingerprint density at radius 1 is 1.33 bits per heavy atom. The molecule has 1 atom stereocenters. The molecule has 4 nitrogen and oxygen atoms in total. The van der Waals surface area contributed by atoms with Crippen molar-refractivity contribution in [3.8, 4) is 0 Å². The fourth-order valence-corrected chi connectivity index (χ4v) is 2.19. The molecule has 0 spiro atoms. The molecule has 0 aliphatic heterocycles. The summed E-state index contributed by atoms with van der Waals surface area (Å²) in [4.78, 5) is 17.1. The maximum atomic E-state index is 11.9. The predicted molar refractivity (Wildman–Crippen MR) is 73.6 cm³/mol. The van der Waals surface area contributed by atoms with E-state index in [0.717, 1.165) is 16.0 Å². The van der Waals surface area contributed by atoms with Crippen molar-refractivity contribution < 1.29 is 4.79 Å². The zero-order valence-electron chi connectivity index (χ0n) is 10.3. The minimum atomic E-state index is -0.671. The molecule has 2 rings (SSSR count). The molecule has 1 aromatic carbocycles. The van der Waals surface area contributed by atoms with Crippen LogP contribution in [0.2, 0.25) is 0 Å². The Bertz CT molecular complexity index is 548. The Labute approximate surface area is 110 Å². The number of rotatable bonds is 3. The van der Waals surface area contributed by atoms with Crippen molar-refractivity contribution in [2.75, 3.05) is 5.32 Å². The van der Waals surface area contributed by atoms with Gasteiger partial charge in [-0.3, -0.25) is 4.79 Å². The molecule has 5 heteroatoms. The lowest BCUT2D eigenvalue weighted by Gasteiger charge is -2.11. The third kappa shape index (κ3) is 2.94. The quantitative estimate of drug-likeness (QED) is 0.891. The summed E-state index contributed by atoms with van der Waals surface area (Å²) in [6.07, 6.45) is 1.72. The number of nitrogens with zero attached hydrogens (tertiary/aromatic N) is 1. The summed E-state index contributed by atoms with van der Waals surface area (Å²) in [5.74, 6) is -0.242. The van der Waals surface area contributed by atoms with Crippen LogP contribution in [0, 0.1) is 13.8 Å². The van der Waals surface area contributed by atoms with Gasteiger partial charge in [-0.1, -0.05) is 29.8 Å². The van der Waals surface area contributed by atoms with Gasteiger partial charge in [0.2, 0.25) is 5.91 Å². The van der Waals surface area contributed by atoms with Gasteiger partial charge in [0.25, 0.3) is 0 Å². The summed E-state index contributed by atoms with van der Waals surface area (Å²) in [6, 6.07) is 6.94. The molecule has 1 amide bonds. The van der Waals surface area contributed by atoms with Gasteiger partial charge in [0.05, 0.1) is 0 Å². The molecular formula is C13H15N3OS. The first kappa shape index (κ1) is 12.7. The molecule has 1 aromatic heterocycles. The van der Waals surface area contributed by atoms with Gasteiger partial charge in [0, 0.05) is 11.1 Å². The van der Waals surface area contributed by atoms with E-state index in [1.54, 1.807) is 6.20 Å². The average Bonchev–Trinajstić information content (AvgIpc) is 2.75. The molecule has 94 valence electrons. The topological polar surface area (TPSA) is 68.0 Å². The van der Waals surface area contributed by atoms with Gasteiger partial charge >= 0.3 is 0 Å². The molecule has 0 saturated heterocycles. The number of hydrogen-bond acceptors (Lipinski definition) is 4. The highest BCUT2D eigenvalue weighted by molar-refractivity contribution is 7.15. The summed E-state index contributed by atoms with van der Waals surface area (Å²) < 4.78 is 0. The fourth-order valence-electron chi connectivity index (χ4n) is 1.52. The molecule has 18 heavy (non-hydrogen) atoms. The van der Waals surface area contributed by atoms with Crippen molar-refractivity contribution in [3.05, 3.63) is 46.5 Å². The minimum Gasteiger partial charge on any atom is -0.316 e. The maximum Gasteiger partial charge on any atom is 0.247 e. The monoisotopic (exact) mass is 261 g/mol. The van der Waals surface area contributed by atoms with Crippen LogP contribution in [0.25, 0.3) is 0 Å². The Hall–Kier alpha value is -1.72. The first-order valence-electron chi connectivity index (χ1n) is 5.61. The van der Waals surface area contributed by atoms with Crippen molar-refractivity contribution in [2.24, 2.45) is 5.73 Å². The summed E-state index contributed by atoms with van der Waals surface area (Å²) in [6.45, 7) is 3.93. The molecule has 0 saturated carbocycles. The van der Waals surface area contributed by atoms with Crippen LogP contribution in [0.3, 0.4) is 0 Å². The van der Waals surface area contributed by atoms with Gasteiger partial charge in [-0.2, -0.15) is 0 Å². The van der Waals surface area contributed by atoms with Crippen LogP contribution in [0.1, 0.15) is 22.0 Å². The summed E-state index contributed by atoms with van der Waals surface area (Å²) in [7, 11) is 0. The molecule has 0 aliphatic carbocycles. The zero-order valence-corrected chi connectivity index (χ0v) is 11.1. The first-order chi connectivity index (χ1) is 8.56. The summed E-state index contributed by atoms with van der Waals surface area (Å²) in [5, 5.41) is 3.30. The largest absolute Gasteiger partial charge is 0.316 e. The zero-order chi connectivity index (χ0) is 13.1. The molecule has 0 bridgehead atoms. The molecule has 0 fully saturated rings. The van der Waals surface area contributed by atoms with Gasteiger partial charge in [0.15, 0.2) is 5.13 Å². The lowest BCUT2D eigenvalue weighted by Crippen LogP contribution is -2.27. The Morgan fingerprint density at radius 3 is 2.56 bits per heavy atom. The number of amides is 1. The average molecular weight is 261 g/mol. The van der Waals surface area contributed by atoms with E-state index in [1.165, 1.54) is 11.3 Å². The van der Waals surface area contributed by atoms with Crippen molar-refractivity contribution in [2.45, 2.75) is 19.9 Å². The van der Waals surface area contributed by atoms with E-state index in [-0.39, 0.29) is 5.91 Å². The molecule has 1 unspecified atom stereocenters. The third-order valence-corrected chi connectivity index (χ3v) is 3.40. The molecule has 0 radical (unpaired) electrons. The molecule has 0 aliphatic rings. The van der Waals surface area contributed by atoms with E-state index >= 15 is 0 Å². The van der Waals surface area contributed by atoms with Crippen molar-refractivity contribution in [1.29, 1.82) is 0 Å². The number of carbonyl (C=O) groups excluding carboxylic acids is 1. The van der Waals surface area contributed by atoms with Crippen molar-refractivity contribution >= 4 is 22.4 Å². The summed E-state index contributed by atoms with van der Waals surface area (Å²) >= 11 is 1.43. The Morgan fingerprint density at radius 2 is 2.00 bits per heavy atom. The van der Waals surface area contributed by atoms with E-state index < -0.39 is 6.04 Å². The highest BCUT2D eigenvalue weighted by Crippen LogP contribution is 2.19. The number of carbonyl (C=O) groups is 1. The number of nitrogens with two attached hydrogens (primary N) is 1. The number of nitrogens with one attached hydrogen (secondary N) is 1. The first-order valence-corrected chi connectivity index (χ1v) is 6.43. The third-order valence-electron chi connectivity index (χ3n) is 2.57. The van der Waals surface area contributed by atoms with E-state index in [4.69, 9.17) is 5.73 Å². The van der Waals surface area contributed by atoms with Crippen LogP contribution in [-0.2, 0) is 4.79 Å². The number of benzene rings is 1. The number of aromatic nitrogens is 1. The van der Waals surface area contributed by atoms with Crippen molar-refractivity contribution in [1.82, 2.24) is 4.98 Å². The number of hydrogen-bond donors (Lipinski definition) is 2. The molecule has 1 heterocycles. The normalized spacial score (nSPS) is 12.2. The van der Waals surface area contributed by atoms with Crippen LogP contribution in [-0.4, -0.2) is 10.9 Å². The van der Waals surface area contributed by atoms with Gasteiger partial charge in [0.1, 0.15) is 6.04 Å². The van der Waals surface area contributed by atoms with Crippen LogP contribution in [0.15, 0.2) is 30.5 Å².